The van der Waals surface area contributed by atoms with Crippen LogP contribution >= 0.6 is 31.9 Å². The van der Waals surface area contributed by atoms with E-state index in [1.165, 1.54) is 6.07 Å². The molecule has 0 saturated heterocycles. The predicted octanol–water partition coefficient (Wildman–Crippen LogP) is 5.17. The van der Waals surface area contributed by atoms with Crippen molar-refractivity contribution < 1.29 is 14.0 Å². The fourth-order valence-corrected chi connectivity index (χ4v) is 2.77. The molecule has 0 spiro atoms. The molecular weight excluding hydrogens is 417 g/mol. The summed E-state index contributed by atoms with van der Waals surface area (Å²) >= 11 is 6.58. The number of nitrogens with zero attached hydrogens (tertiary/aromatic N) is 1. The number of halogens is 3. The van der Waals surface area contributed by atoms with Crippen LogP contribution in [0, 0.1) is 5.82 Å². The third-order valence-electron chi connectivity index (χ3n) is 3.24. The molecule has 0 saturated carbocycles. The standard InChI is InChI=1S/C16H10Br2FNO2/c17-10-3-1-9(2-4-10)15-13(8-21)16(22-20-15)12-6-5-11(18)7-14(12)19/h1-7,21H,8H2. The van der Waals surface area contributed by atoms with Crippen LogP contribution in [-0.2, 0) is 6.61 Å². The molecule has 0 unspecified atom stereocenters. The molecule has 3 rings (SSSR count). The summed E-state index contributed by atoms with van der Waals surface area (Å²) in [6.07, 6.45) is 0. The molecule has 2 aromatic carbocycles. The molecule has 1 heterocycles. The minimum atomic E-state index is -0.442. The number of aliphatic hydroxyl groups excluding tert-OH is 1. The van der Waals surface area contributed by atoms with Gasteiger partial charge in [-0.25, -0.2) is 4.39 Å². The fourth-order valence-electron chi connectivity index (χ4n) is 2.18. The van der Waals surface area contributed by atoms with E-state index >= 15 is 0 Å². The highest BCUT2D eigenvalue weighted by molar-refractivity contribution is 9.10. The Labute approximate surface area is 143 Å². The Morgan fingerprint density at radius 3 is 2.36 bits per heavy atom. The summed E-state index contributed by atoms with van der Waals surface area (Å²) in [7, 11) is 0. The Hall–Kier alpha value is -1.50. The first-order valence-electron chi connectivity index (χ1n) is 6.41. The lowest BCUT2D eigenvalue weighted by molar-refractivity contribution is 0.281. The third-order valence-corrected chi connectivity index (χ3v) is 4.26. The van der Waals surface area contributed by atoms with Gasteiger partial charge in [0.15, 0.2) is 5.76 Å². The number of benzene rings is 2. The number of aliphatic hydroxyl groups is 1. The van der Waals surface area contributed by atoms with E-state index in [1.54, 1.807) is 12.1 Å². The van der Waals surface area contributed by atoms with E-state index < -0.39 is 5.82 Å². The van der Waals surface area contributed by atoms with Crippen molar-refractivity contribution in [3.8, 4) is 22.6 Å². The lowest BCUT2D eigenvalue weighted by Crippen LogP contribution is -1.91. The van der Waals surface area contributed by atoms with Crippen LogP contribution in [0.15, 0.2) is 55.9 Å². The van der Waals surface area contributed by atoms with Gasteiger partial charge in [-0.15, -0.1) is 0 Å². The van der Waals surface area contributed by atoms with Gasteiger partial charge < -0.3 is 9.63 Å². The summed E-state index contributed by atoms with van der Waals surface area (Å²) in [5.41, 5.74) is 2.03. The normalized spacial score (nSPS) is 10.9. The van der Waals surface area contributed by atoms with Crippen molar-refractivity contribution in [1.82, 2.24) is 5.16 Å². The van der Waals surface area contributed by atoms with Crippen molar-refractivity contribution in [2.24, 2.45) is 0 Å². The Morgan fingerprint density at radius 2 is 1.73 bits per heavy atom. The lowest BCUT2D eigenvalue weighted by Gasteiger charge is -2.03. The first kappa shape index (κ1) is 15.4. The maximum Gasteiger partial charge on any atom is 0.175 e. The summed E-state index contributed by atoms with van der Waals surface area (Å²) in [5, 5.41) is 13.7. The van der Waals surface area contributed by atoms with Crippen molar-refractivity contribution in [2.75, 3.05) is 0 Å². The molecule has 6 heteroatoms. The summed E-state index contributed by atoms with van der Waals surface area (Å²) in [5.74, 6) is -0.201. The van der Waals surface area contributed by atoms with Crippen LogP contribution in [0.5, 0.6) is 0 Å². The van der Waals surface area contributed by atoms with Gasteiger partial charge in [0.05, 0.1) is 17.7 Å². The van der Waals surface area contributed by atoms with Crippen molar-refractivity contribution in [3.05, 3.63) is 62.8 Å². The van der Waals surface area contributed by atoms with Crippen LogP contribution in [0.25, 0.3) is 22.6 Å². The van der Waals surface area contributed by atoms with E-state index in [4.69, 9.17) is 4.52 Å². The second-order valence-electron chi connectivity index (χ2n) is 4.63. The smallest absolute Gasteiger partial charge is 0.175 e. The number of aromatic nitrogens is 1. The van der Waals surface area contributed by atoms with Gasteiger partial charge in [-0.3, -0.25) is 0 Å². The quantitative estimate of drug-likeness (QED) is 0.628. The topological polar surface area (TPSA) is 46.3 Å². The Balaban J connectivity index is 2.13. The van der Waals surface area contributed by atoms with Gasteiger partial charge in [-0.1, -0.05) is 49.1 Å². The molecule has 1 aromatic heterocycles. The van der Waals surface area contributed by atoms with Crippen LogP contribution in [0.2, 0.25) is 0 Å². The summed E-state index contributed by atoms with van der Waals surface area (Å²) in [6.45, 7) is -0.292. The van der Waals surface area contributed by atoms with E-state index in [2.05, 4.69) is 37.0 Å². The van der Waals surface area contributed by atoms with Crippen LogP contribution < -0.4 is 0 Å². The first-order valence-corrected chi connectivity index (χ1v) is 7.99. The Bertz CT molecular complexity index is 816. The van der Waals surface area contributed by atoms with E-state index in [0.29, 0.717) is 15.7 Å². The first-order chi connectivity index (χ1) is 10.6. The molecule has 0 aliphatic carbocycles. The highest BCUT2D eigenvalue weighted by Gasteiger charge is 2.20. The maximum absolute atomic E-state index is 14.1. The van der Waals surface area contributed by atoms with Gasteiger partial charge >= 0.3 is 0 Å². The summed E-state index contributed by atoms with van der Waals surface area (Å²) in [4.78, 5) is 0. The third kappa shape index (κ3) is 2.86. The molecule has 0 fully saturated rings. The molecule has 0 bridgehead atoms. The van der Waals surface area contributed by atoms with Crippen LogP contribution in [0.4, 0.5) is 4.39 Å². The monoisotopic (exact) mass is 425 g/mol. The highest BCUT2D eigenvalue weighted by atomic mass is 79.9. The zero-order valence-electron chi connectivity index (χ0n) is 11.2. The summed E-state index contributed by atoms with van der Waals surface area (Å²) in [6, 6.07) is 12.1. The molecule has 0 aliphatic rings. The van der Waals surface area contributed by atoms with Gasteiger partial charge in [0.25, 0.3) is 0 Å². The second-order valence-corrected chi connectivity index (χ2v) is 6.46. The van der Waals surface area contributed by atoms with Crippen molar-refractivity contribution in [3.63, 3.8) is 0 Å². The number of hydrogen-bond acceptors (Lipinski definition) is 3. The largest absolute Gasteiger partial charge is 0.391 e. The van der Waals surface area contributed by atoms with Crippen LogP contribution in [-0.4, -0.2) is 10.3 Å². The van der Waals surface area contributed by atoms with Gasteiger partial charge in [-0.05, 0) is 30.3 Å². The van der Waals surface area contributed by atoms with E-state index in [1.807, 2.05) is 24.3 Å². The van der Waals surface area contributed by atoms with Crippen molar-refractivity contribution >= 4 is 31.9 Å². The molecule has 1 N–H and O–H groups in total. The highest BCUT2D eigenvalue weighted by Crippen LogP contribution is 2.34. The lowest BCUT2D eigenvalue weighted by atomic mass is 10.0. The van der Waals surface area contributed by atoms with Gasteiger partial charge in [0, 0.05) is 14.5 Å². The molecular formula is C16H10Br2FNO2. The Morgan fingerprint density at radius 1 is 1.05 bits per heavy atom. The molecule has 0 radical (unpaired) electrons. The van der Waals surface area contributed by atoms with Crippen molar-refractivity contribution in [1.29, 1.82) is 0 Å². The number of rotatable bonds is 3. The van der Waals surface area contributed by atoms with Crippen LogP contribution in [0.3, 0.4) is 0 Å². The predicted molar refractivity (Wildman–Crippen MR) is 88.7 cm³/mol. The van der Waals surface area contributed by atoms with Crippen LogP contribution in [0.1, 0.15) is 5.56 Å². The minimum Gasteiger partial charge on any atom is -0.391 e. The molecule has 0 atom stereocenters. The summed E-state index contributed by atoms with van der Waals surface area (Å²) < 4.78 is 21.0. The SMILES string of the molecule is OCc1c(-c2ccc(Br)cc2)noc1-c1ccc(Br)cc1F. The van der Waals surface area contributed by atoms with E-state index in [-0.39, 0.29) is 17.9 Å². The average Bonchev–Trinajstić information content (AvgIpc) is 2.91. The maximum atomic E-state index is 14.1. The number of hydrogen-bond donors (Lipinski definition) is 1. The molecule has 22 heavy (non-hydrogen) atoms. The molecule has 0 amide bonds. The van der Waals surface area contributed by atoms with E-state index in [0.717, 1.165) is 10.0 Å². The van der Waals surface area contributed by atoms with E-state index in [9.17, 15) is 9.50 Å². The zero-order valence-corrected chi connectivity index (χ0v) is 14.4. The zero-order chi connectivity index (χ0) is 15.7. The minimum absolute atomic E-state index is 0.241. The van der Waals surface area contributed by atoms with Gasteiger partial charge in [0.1, 0.15) is 11.5 Å². The fraction of sp³-hybridized carbons (Fsp3) is 0.0625. The van der Waals surface area contributed by atoms with Gasteiger partial charge in [0.2, 0.25) is 0 Å². The van der Waals surface area contributed by atoms with Crippen molar-refractivity contribution in [2.45, 2.75) is 6.61 Å². The Kier molecular flexibility index (Phi) is 4.42. The molecule has 3 nitrogen and oxygen atoms in total. The molecule has 0 aliphatic heterocycles. The average molecular weight is 427 g/mol. The molecule has 3 aromatic rings. The second kappa shape index (κ2) is 6.32. The van der Waals surface area contributed by atoms with Gasteiger partial charge in [-0.2, -0.15) is 0 Å². The molecule has 112 valence electrons.